The van der Waals surface area contributed by atoms with Crippen molar-refractivity contribution in [2.75, 3.05) is 26.2 Å². The van der Waals surface area contributed by atoms with E-state index in [0.29, 0.717) is 6.04 Å². The Labute approximate surface area is 109 Å². The molecular weight excluding hydrogens is 228 g/mol. The summed E-state index contributed by atoms with van der Waals surface area (Å²) in [5.41, 5.74) is -0.449. The van der Waals surface area contributed by atoms with Crippen molar-refractivity contribution in [1.82, 2.24) is 10.2 Å². The molecule has 2 aliphatic heterocycles. The molecule has 1 saturated carbocycles. The van der Waals surface area contributed by atoms with Gasteiger partial charge in [0.25, 0.3) is 0 Å². The molecule has 0 bridgehead atoms. The minimum Gasteiger partial charge on any atom is -0.481 e. The minimum absolute atomic E-state index is 0.449. The highest BCUT2D eigenvalue weighted by Crippen LogP contribution is 2.45. The number of hydrogen-bond donors (Lipinski definition) is 2. The fraction of sp³-hybridized carbons (Fsp3) is 0.929. The van der Waals surface area contributed by atoms with Gasteiger partial charge in [-0.1, -0.05) is 0 Å². The Kier molecular flexibility index (Phi) is 3.10. The lowest BCUT2D eigenvalue weighted by atomic mass is 9.65. The first-order valence-electron chi connectivity index (χ1n) is 7.27. The number of nitrogens with one attached hydrogen (secondary N) is 1. The van der Waals surface area contributed by atoms with Gasteiger partial charge in [-0.3, -0.25) is 4.79 Å². The highest BCUT2D eigenvalue weighted by atomic mass is 16.4. The number of likely N-dealkylation sites (tertiary alicyclic amines) is 1. The third-order valence-electron chi connectivity index (χ3n) is 5.37. The van der Waals surface area contributed by atoms with E-state index in [1.807, 2.05) is 6.92 Å². The Morgan fingerprint density at radius 2 is 2.06 bits per heavy atom. The number of piperidine rings is 1. The van der Waals surface area contributed by atoms with E-state index in [1.54, 1.807) is 0 Å². The van der Waals surface area contributed by atoms with Gasteiger partial charge in [0, 0.05) is 12.6 Å². The van der Waals surface area contributed by atoms with Gasteiger partial charge in [0.1, 0.15) is 0 Å². The summed E-state index contributed by atoms with van der Waals surface area (Å²) in [5, 5.41) is 12.5. The molecule has 0 aromatic rings. The molecule has 2 saturated heterocycles. The second kappa shape index (κ2) is 4.49. The molecule has 0 aromatic carbocycles. The van der Waals surface area contributed by atoms with Gasteiger partial charge in [-0.15, -0.1) is 0 Å². The highest BCUT2D eigenvalue weighted by Gasteiger charge is 2.49. The average molecular weight is 252 g/mol. The Hall–Kier alpha value is -0.610. The summed E-state index contributed by atoms with van der Waals surface area (Å²) >= 11 is 0. The van der Waals surface area contributed by atoms with Gasteiger partial charge in [0.15, 0.2) is 0 Å². The van der Waals surface area contributed by atoms with Gasteiger partial charge in [-0.05, 0) is 64.1 Å². The molecule has 4 heteroatoms. The molecule has 2 N–H and O–H groups in total. The molecule has 3 aliphatic rings. The second-order valence-corrected chi connectivity index (χ2v) is 6.74. The Morgan fingerprint density at radius 1 is 1.33 bits per heavy atom. The molecule has 1 aliphatic carbocycles. The van der Waals surface area contributed by atoms with Crippen LogP contribution < -0.4 is 5.32 Å². The van der Waals surface area contributed by atoms with Gasteiger partial charge >= 0.3 is 5.97 Å². The smallest absolute Gasteiger partial charge is 0.309 e. The molecule has 0 amide bonds. The Bertz CT molecular complexity index is 335. The van der Waals surface area contributed by atoms with Crippen LogP contribution in [0.2, 0.25) is 0 Å². The Morgan fingerprint density at radius 3 is 2.61 bits per heavy atom. The van der Waals surface area contributed by atoms with E-state index in [9.17, 15) is 4.79 Å². The summed E-state index contributed by atoms with van der Waals surface area (Å²) in [6.45, 7) is 6.65. The summed E-state index contributed by atoms with van der Waals surface area (Å²) in [6, 6.07) is 0.530. The van der Waals surface area contributed by atoms with Crippen molar-refractivity contribution in [3.8, 4) is 0 Å². The minimum atomic E-state index is -0.615. The summed E-state index contributed by atoms with van der Waals surface area (Å²) < 4.78 is 0. The standard InChI is InChI=1S/C14H24N2O2/c1-14(13(17)18)5-12(6-14)16-4-2-3-10(9-16)11-7-15-8-11/h10-12,15H,2-9H2,1H3,(H,17,18). The van der Waals surface area contributed by atoms with E-state index >= 15 is 0 Å². The first kappa shape index (κ1) is 12.4. The molecule has 0 radical (unpaired) electrons. The maximum Gasteiger partial charge on any atom is 0.309 e. The normalized spacial score (nSPS) is 42.1. The van der Waals surface area contributed by atoms with Crippen LogP contribution in [0.5, 0.6) is 0 Å². The lowest BCUT2D eigenvalue weighted by Gasteiger charge is -2.51. The highest BCUT2D eigenvalue weighted by molar-refractivity contribution is 5.75. The van der Waals surface area contributed by atoms with Gasteiger partial charge in [-0.25, -0.2) is 0 Å². The van der Waals surface area contributed by atoms with E-state index in [1.165, 1.54) is 39.0 Å². The van der Waals surface area contributed by atoms with Crippen molar-refractivity contribution < 1.29 is 9.90 Å². The SMILES string of the molecule is CC1(C(=O)O)CC(N2CCCC(C3CNC3)C2)C1. The van der Waals surface area contributed by atoms with Crippen molar-refractivity contribution in [2.45, 2.75) is 38.6 Å². The van der Waals surface area contributed by atoms with Crippen LogP contribution in [-0.2, 0) is 4.79 Å². The Balaban J connectivity index is 1.53. The van der Waals surface area contributed by atoms with Crippen molar-refractivity contribution in [2.24, 2.45) is 17.3 Å². The lowest BCUT2D eigenvalue weighted by molar-refractivity contribution is -0.158. The van der Waals surface area contributed by atoms with E-state index in [0.717, 1.165) is 24.7 Å². The topological polar surface area (TPSA) is 52.6 Å². The zero-order valence-corrected chi connectivity index (χ0v) is 11.2. The zero-order chi connectivity index (χ0) is 12.8. The number of carbonyl (C=O) groups is 1. The number of aliphatic carboxylic acids is 1. The fourth-order valence-electron chi connectivity index (χ4n) is 3.81. The third-order valence-corrected chi connectivity index (χ3v) is 5.37. The maximum absolute atomic E-state index is 11.1. The van der Waals surface area contributed by atoms with Crippen LogP contribution in [0.1, 0.15) is 32.6 Å². The first-order valence-corrected chi connectivity index (χ1v) is 7.27. The quantitative estimate of drug-likeness (QED) is 0.792. The molecule has 0 spiro atoms. The monoisotopic (exact) mass is 252 g/mol. The van der Waals surface area contributed by atoms with E-state index in [-0.39, 0.29) is 0 Å². The summed E-state index contributed by atoms with van der Waals surface area (Å²) in [7, 11) is 0. The van der Waals surface area contributed by atoms with Crippen LogP contribution >= 0.6 is 0 Å². The molecule has 3 rings (SSSR count). The molecule has 102 valence electrons. The van der Waals surface area contributed by atoms with Crippen molar-refractivity contribution >= 4 is 5.97 Å². The van der Waals surface area contributed by atoms with Gasteiger partial charge in [0.05, 0.1) is 5.41 Å². The number of carboxylic acids is 1. The van der Waals surface area contributed by atoms with Crippen molar-refractivity contribution in [1.29, 1.82) is 0 Å². The van der Waals surface area contributed by atoms with Gasteiger partial charge in [0.2, 0.25) is 0 Å². The first-order chi connectivity index (χ1) is 8.58. The lowest BCUT2D eigenvalue weighted by Crippen LogP contribution is -2.57. The largest absolute Gasteiger partial charge is 0.481 e. The van der Waals surface area contributed by atoms with Crippen LogP contribution in [0.15, 0.2) is 0 Å². The molecule has 4 nitrogen and oxygen atoms in total. The van der Waals surface area contributed by atoms with Crippen LogP contribution in [0.25, 0.3) is 0 Å². The molecule has 3 fully saturated rings. The second-order valence-electron chi connectivity index (χ2n) is 6.74. The predicted molar refractivity (Wildman–Crippen MR) is 69.4 cm³/mol. The van der Waals surface area contributed by atoms with Crippen molar-refractivity contribution in [3.05, 3.63) is 0 Å². The number of nitrogens with zero attached hydrogens (tertiary/aromatic N) is 1. The van der Waals surface area contributed by atoms with Crippen LogP contribution in [0, 0.1) is 17.3 Å². The summed E-state index contributed by atoms with van der Waals surface area (Å²) in [6.07, 6.45) is 4.35. The van der Waals surface area contributed by atoms with Crippen LogP contribution in [0.3, 0.4) is 0 Å². The number of hydrogen-bond acceptors (Lipinski definition) is 3. The van der Waals surface area contributed by atoms with E-state index in [4.69, 9.17) is 5.11 Å². The molecule has 18 heavy (non-hydrogen) atoms. The molecular formula is C14H24N2O2. The number of rotatable bonds is 3. The zero-order valence-electron chi connectivity index (χ0n) is 11.2. The van der Waals surface area contributed by atoms with Crippen LogP contribution in [-0.4, -0.2) is 48.2 Å². The fourth-order valence-corrected chi connectivity index (χ4v) is 3.81. The van der Waals surface area contributed by atoms with E-state index in [2.05, 4.69) is 10.2 Å². The van der Waals surface area contributed by atoms with Gasteiger partial charge < -0.3 is 15.3 Å². The van der Waals surface area contributed by atoms with Gasteiger partial charge in [-0.2, -0.15) is 0 Å². The van der Waals surface area contributed by atoms with Crippen molar-refractivity contribution in [3.63, 3.8) is 0 Å². The molecule has 1 unspecified atom stereocenters. The van der Waals surface area contributed by atoms with Crippen LogP contribution in [0.4, 0.5) is 0 Å². The average Bonchev–Trinajstić information content (AvgIpc) is 2.22. The third kappa shape index (κ3) is 2.05. The summed E-state index contributed by atoms with van der Waals surface area (Å²) in [4.78, 5) is 13.7. The number of carboxylic acid groups (broad SMARTS) is 1. The maximum atomic E-state index is 11.1. The molecule has 0 aromatic heterocycles. The molecule has 1 atom stereocenters. The molecule has 2 heterocycles. The predicted octanol–water partition coefficient (Wildman–Crippen LogP) is 1.17. The summed E-state index contributed by atoms with van der Waals surface area (Å²) in [5.74, 6) is 1.10. The van der Waals surface area contributed by atoms with E-state index < -0.39 is 11.4 Å².